The second-order valence-electron chi connectivity index (χ2n) is 3.12. The van der Waals surface area contributed by atoms with Crippen molar-refractivity contribution in [2.24, 2.45) is 0 Å². The van der Waals surface area contributed by atoms with E-state index in [1.165, 1.54) is 0 Å². The third kappa shape index (κ3) is 3.62. The molecule has 0 amide bonds. The van der Waals surface area contributed by atoms with Gasteiger partial charge in [-0.2, -0.15) is 12.6 Å². The van der Waals surface area contributed by atoms with Gasteiger partial charge in [-0.25, -0.2) is 0 Å². The normalized spacial score (nSPS) is 14.5. The smallest absolute Gasteiger partial charge is 0.341 e. The molecule has 2 nitrogen and oxygen atoms in total. The second kappa shape index (κ2) is 6.87. The second-order valence-corrected chi connectivity index (χ2v) is 7.37. The highest BCUT2D eigenvalue weighted by atomic mass is 32.1. The summed E-state index contributed by atoms with van der Waals surface area (Å²) in [5.74, 6) is 0.847. The highest BCUT2D eigenvalue weighted by Crippen LogP contribution is 2.28. The van der Waals surface area contributed by atoms with Gasteiger partial charge in [0, 0.05) is 18.8 Å². The van der Waals surface area contributed by atoms with Crippen LogP contribution >= 0.6 is 12.6 Å². The zero-order chi connectivity index (χ0) is 10.3. The molecule has 0 rings (SSSR count). The monoisotopic (exact) mass is 222 g/mol. The van der Waals surface area contributed by atoms with Gasteiger partial charge < -0.3 is 8.85 Å². The number of hydrogen-bond donors (Lipinski definition) is 1. The molecule has 0 fully saturated rings. The van der Waals surface area contributed by atoms with Gasteiger partial charge in [0.2, 0.25) is 0 Å². The van der Waals surface area contributed by atoms with Crippen LogP contribution in [0.4, 0.5) is 0 Å². The maximum atomic E-state index is 5.84. The Kier molecular flexibility index (Phi) is 7.13. The molecule has 0 saturated heterocycles. The highest BCUT2D eigenvalue weighted by Gasteiger charge is 2.40. The van der Waals surface area contributed by atoms with Crippen LogP contribution in [0.2, 0.25) is 11.6 Å². The Hall–Kier alpha value is 0.487. The lowest BCUT2D eigenvalue weighted by Crippen LogP contribution is -2.46. The van der Waals surface area contributed by atoms with E-state index >= 15 is 0 Å². The van der Waals surface area contributed by atoms with Gasteiger partial charge in [0.15, 0.2) is 0 Å². The van der Waals surface area contributed by atoms with Gasteiger partial charge in [-0.15, -0.1) is 0 Å². The predicted molar refractivity (Wildman–Crippen MR) is 62.8 cm³/mol. The average Bonchev–Trinajstić information content (AvgIpc) is 2.16. The molecule has 13 heavy (non-hydrogen) atoms. The summed E-state index contributed by atoms with van der Waals surface area (Å²) in [6, 6.07) is 1.01. The molecule has 80 valence electrons. The molecule has 4 heteroatoms. The SMILES string of the molecule is CCO[Si](CC)(OCC)C(C)CS. The summed E-state index contributed by atoms with van der Waals surface area (Å²) in [6.45, 7) is 9.88. The quantitative estimate of drug-likeness (QED) is 0.527. The molecule has 0 heterocycles. The van der Waals surface area contributed by atoms with Crippen LogP contribution in [0.1, 0.15) is 27.7 Å². The minimum Gasteiger partial charge on any atom is -0.394 e. The van der Waals surface area contributed by atoms with E-state index in [1.807, 2.05) is 13.8 Å². The van der Waals surface area contributed by atoms with Crippen molar-refractivity contribution in [3.05, 3.63) is 0 Å². The fourth-order valence-corrected chi connectivity index (χ4v) is 5.35. The van der Waals surface area contributed by atoms with Gasteiger partial charge >= 0.3 is 8.56 Å². The molecule has 0 aliphatic heterocycles. The summed E-state index contributed by atoms with van der Waals surface area (Å²) in [5.41, 5.74) is 0.459. The molecule has 0 bridgehead atoms. The van der Waals surface area contributed by atoms with Crippen molar-refractivity contribution >= 4 is 21.2 Å². The first-order valence-corrected chi connectivity index (χ1v) is 7.78. The van der Waals surface area contributed by atoms with Crippen LogP contribution in [0.25, 0.3) is 0 Å². The minimum absolute atomic E-state index is 0.459. The molecule has 1 atom stereocenters. The lowest BCUT2D eigenvalue weighted by atomic mass is 10.6. The van der Waals surface area contributed by atoms with E-state index in [-0.39, 0.29) is 0 Å². The van der Waals surface area contributed by atoms with Crippen molar-refractivity contribution in [3.63, 3.8) is 0 Å². The van der Waals surface area contributed by atoms with Crippen molar-refractivity contribution in [3.8, 4) is 0 Å². The van der Waals surface area contributed by atoms with Crippen LogP contribution in [0.15, 0.2) is 0 Å². The van der Waals surface area contributed by atoms with Gasteiger partial charge in [0.25, 0.3) is 0 Å². The lowest BCUT2D eigenvalue weighted by Gasteiger charge is -2.33. The lowest BCUT2D eigenvalue weighted by molar-refractivity contribution is 0.177. The molecule has 0 N–H and O–H groups in total. The Morgan fingerprint density at radius 3 is 1.85 bits per heavy atom. The number of rotatable bonds is 7. The van der Waals surface area contributed by atoms with Crippen LogP contribution in [-0.4, -0.2) is 27.5 Å². The molecule has 0 spiro atoms. The van der Waals surface area contributed by atoms with Gasteiger partial charge in [0.1, 0.15) is 0 Å². The summed E-state index contributed by atoms with van der Waals surface area (Å²) < 4.78 is 11.7. The third-order valence-electron chi connectivity index (χ3n) is 2.29. The number of hydrogen-bond acceptors (Lipinski definition) is 3. The molecule has 0 aromatic heterocycles. The molecule has 1 unspecified atom stereocenters. The minimum atomic E-state index is -1.95. The summed E-state index contributed by atoms with van der Waals surface area (Å²) >= 11 is 4.32. The predicted octanol–water partition coefficient (Wildman–Crippen LogP) is 2.84. The highest BCUT2D eigenvalue weighted by molar-refractivity contribution is 7.80. The zero-order valence-electron chi connectivity index (χ0n) is 9.17. The van der Waals surface area contributed by atoms with E-state index in [9.17, 15) is 0 Å². The van der Waals surface area contributed by atoms with Crippen molar-refractivity contribution in [1.29, 1.82) is 0 Å². The molecular formula is C9H22O2SSi. The summed E-state index contributed by atoms with van der Waals surface area (Å²) in [7, 11) is -1.95. The van der Waals surface area contributed by atoms with Crippen LogP contribution in [-0.2, 0) is 8.85 Å². The largest absolute Gasteiger partial charge is 0.394 e. The van der Waals surface area contributed by atoms with Gasteiger partial charge in [-0.1, -0.05) is 13.8 Å². The Morgan fingerprint density at radius 2 is 1.62 bits per heavy atom. The summed E-state index contributed by atoms with van der Waals surface area (Å²) in [6.07, 6.45) is 0. The van der Waals surface area contributed by atoms with Crippen molar-refractivity contribution < 1.29 is 8.85 Å². The summed E-state index contributed by atoms with van der Waals surface area (Å²) in [4.78, 5) is 0. The molecule has 0 aliphatic carbocycles. The van der Waals surface area contributed by atoms with Crippen LogP contribution in [0.3, 0.4) is 0 Å². The van der Waals surface area contributed by atoms with Crippen molar-refractivity contribution in [2.45, 2.75) is 39.3 Å². The average molecular weight is 222 g/mol. The van der Waals surface area contributed by atoms with Crippen LogP contribution < -0.4 is 0 Å². The molecule has 0 aromatic carbocycles. The Morgan fingerprint density at radius 1 is 1.15 bits per heavy atom. The van der Waals surface area contributed by atoms with E-state index in [1.54, 1.807) is 0 Å². The Labute approximate surface area is 88.7 Å². The van der Waals surface area contributed by atoms with Gasteiger partial charge in [-0.3, -0.25) is 0 Å². The first-order valence-electron chi connectivity index (χ1n) is 5.05. The van der Waals surface area contributed by atoms with Crippen LogP contribution in [0.5, 0.6) is 0 Å². The van der Waals surface area contributed by atoms with E-state index in [2.05, 4.69) is 26.5 Å². The molecule has 0 radical (unpaired) electrons. The van der Waals surface area contributed by atoms with E-state index in [4.69, 9.17) is 8.85 Å². The molecule has 0 aliphatic rings. The van der Waals surface area contributed by atoms with Gasteiger partial charge in [-0.05, 0) is 25.6 Å². The number of thiol groups is 1. The van der Waals surface area contributed by atoms with Crippen LogP contribution in [0, 0.1) is 0 Å². The maximum Gasteiger partial charge on any atom is 0.341 e. The Bertz CT molecular complexity index is 127. The first-order chi connectivity index (χ1) is 6.16. The summed E-state index contributed by atoms with van der Waals surface area (Å²) in [5, 5.41) is 0. The standard InChI is InChI=1S/C9H22O2SSi/c1-5-10-13(7-3,11-6-2)9(4)8-12/h9,12H,5-8H2,1-4H3. The van der Waals surface area contributed by atoms with E-state index in [0.717, 1.165) is 25.0 Å². The van der Waals surface area contributed by atoms with Crippen molar-refractivity contribution in [2.75, 3.05) is 19.0 Å². The third-order valence-corrected chi connectivity index (χ3v) is 7.43. The molecule has 0 aromatic rings. The Balaban J connectivity index is 4.42. The van der Waals surface area contributed by atoms with Gasteiger partial charge in [0.05, 0.1) is 0 Å². The van der Waals surface area contributed by atoms with E-state index in [0.29, 0.717) is 5.54 Å². The van der Waals surface area contributed by atoms with Crippen molar-refractivity contribution in [1.82, 2.24) is 0 Å². The molecule has 0 saturated carbocycles. The van der Waals surface area contributed by atoms with E-state index < -0.39 is 8.56 Å². The fourth-order valence-electron chi connectivity index (χ4n) is 1.51. The first kappa shape index (κ1) is 13.5. The maximum absolute atomic E-state index is 5.84. The zero-order valence-corrected chi connectivity index (χ0v) is 11.1. The fraction of sp³-hybridized carbons (Fsp3) is 1.00. The topological polar surface area (TPSA) is 18.5 Å². The molecular weight excluding hydrogens is 200 g/mol.